The van der Waals surface area contributed by atoms with Crippen molar-refractivity contribution in [2.24, 2.45) is 0 Å². The Morgan fingerprint density at radius 2 is 1.83 bits per heavy atom. The van der Waals surface area contributed by atoms with Crippen LogP contribution in [0.3, 0.4) is 0 Å². The Morgan fingerprint density at radius 1 is 1.08 bits per heavy atom. The molecule has 0 N–H and O–H groups in total. The number of ether oxygens (including phenoxy) is 1. The quantitative estimate of drug-likeness (QED) is 0.700. The number of carbonyl (C=O) groups excluding carboxylic acids is 2. The van der Waals surface area contributed by atoms with Gasteiger partial charge in [-0.3, -0.25) is 14.6 Å². The number of esters is 1. The summed E-state index contributed by atoms with van der Waals surface area (Å²) in [5.41, 5.74) is 1.89. The van der Waals surface area contributed by atoms with Crippen LogP contribution in [0.15, 0.2) is 54.9 Å². The van der Waals surface area contributed by atoms with Crippen molar-refractivity contribution in [3.63, 3.8) is 0 Å². The zero-order valence-electron chi connectivity index (χ0n) is 13.9. The molecule has 0 atom stereocenters. The topological polar surface area (TPSA) is 59.5 Å². The third-order valence-corrected chi connectivity index (χ3v) is 3.54. The molecule has 2 aromatic rings. The minimum absolute atomic E-state index is 0.0191. The van der Waals surface area contributed by atoms with Gasteiger partial charge in [-0.25, -0.2) is 0 Å². The molecule has 5 nitrogen and oxygen atoms in total. The van der Waals surface area contributed by atoms with Crippen molar-refractivity contribution >= 4 is 11.9 Å². The van der Waals surface area contributed by atoms with Gasteiger partial charge in [0.1, 0.15) is 0 Å². The van der Waals surface area contributed by atoms with E-state index in [1.165, 1.54) is 0 Å². The smallest absolute Gasteiger partial charge is 0.307 e. The fourth-order valence-corrected chi connectivity index (χ4v) is 2.35. The summed E-state index contributed by atoms with van der Waals surface area (Å²) in [6.45, 7) is 2.88. The molecular formula is C19H22N2O3. The van der Waals surface area contributed by atoms with Crippen LogP contribution in [0.4, 0.5) is 0 Å². The van der Waals surface area contributed by atoms with E-state index in [2.05, 4.69) is 4.98 Å². The van der Waals surface area contributed by atoms with Crippen molar-refractivity contribution in [1.82, 2.24) is 9.88 Å². The first-order valence-corrected chi connectivity index (χ1v) is 8.05. The predicted molar refractivity (Wildman–Crippen MR) is 91.1 cm³/mol. The molecule has 0 saturated heterocycles. The molecule has 0 saturated carbocycles. The Bertz CT molecular complexity index is 644. The van der Waals surface area contributed by atoms with E-state index in [1.807, 2.05) is 42.5 Å². The highest BCUT2D eigenvalue weighted by atomic mass is 16.5. The van der Waals surface area contributed by atoms with Crippen molar-refractivity contribution in [1.29, 1.82) is 0 Å². The summed E-state index contributed by atoms with van der Waals surface area (Å²) in [4.78, 5) is 30.0. The van der Waals surface area contributed by atoms with Crippen molar-refractivity contribution < 1.29 is 14.3 Å². The number of hydrogen-bond donors (Lipinski definition) is 0. The number of nitrogens with zero attached hydrogens (tertiary/aromatic N) is 2. The van der Waals surface area contributed by atoms with E-state index in [4.69, 9.17) is 4.74 Å². The van der Waals surface area contributed by atoms with Crippen LogP contribution in [0.1, 0.15) is 24.5 Å². The molecule has 126 valence electrons. The molecule has 0 bridgehead atoms. The number of carbonyl (C=O) groups is 2. The Kier molecular flexibility index (Phi) is 6.95. The molecule has 1 aromatic carbocycles. The van der Waals surface area contributed by atoms with Crippen LogP contribution in [0.25, 0.3) is 0 Å². The minimum Gasteiger partial charge on any atom is -0.466 e. The standard InChI is InChI=1S/C19H22N2O3/c1-2-24-19(23)10-12-21(15-17-9-6-11-20-14-17)18(22)13-16-7-4-3-5-8-16/h3-9,11,14H,2,10,12-13,15H2,1H3. The third-order valence-electron chi connectivity index (χ3n) is 3.54. The maximum atomic E-state index is 12.6. The number of rotatable bonds is 8. The Labute approximate surface area is 142 Å². The summed E-state index contributed by atoms with van der Waals surface area (Å²) in [5.74, 6) is -0.310. The molecule has 0 aliphatic heterocycles. The van der Waals surface area contributed by atoms with Gasteiger partial charge in [-0.05, 0) is 24.1 Å². The van der Waals surface area contributed by atoms with Gasteiger partial charge in [0.2, 0.25) is 5.91 Å². The first-order valence-electron chi connectivity index (χ1n) is 8.05. The molecule has 2 rings (SSSR count). The zero-order valence-corrected chi connectivity index (χ0v) is 13.9. The molecule has 0 aliphatic rings. The second-order valence-corrected chi connectivity index (χ2v) is 5.39. The molecule has 0 unspecified atom stereocenters. The summed E-state index contributed by atoms with van der Waals surface area (Å²) in [7, 11) is 0. The van der Waals surface area contributed by atoms with E-state index in [0.717, 1.165) is 11.1 Å². The van der Waals surface area contributed by atoms with Crippen molar-refractivity contribution in [3.05, 3.63) is 66.0 Å². The number of pyridine rings is 1. The second-order valence-electron chi connectivity index (χ2n) is 5.39. The number of aromatic nitrogens is 1. The largest absolute Gasteiger partial charge is 0.466 e. The van der Waals surface area contributed by atoms with Gasteiger partial charge in [0.15, 0.2) is 0 Å². The van der Waals surface area contributed by atoms with Gasteiger partial charge in [-0.15, -0.1) is 0 Å². The summed E-state index contributed by atoms with van der Waals surface area (Å²) in [6.07, 6.45) is 3.92. The Morgan fingerprint density at radius 3 is 2.50 bits per heavy atom. The average Bonchev–Trinajstić information content (AvgIpc) is 2.60. The molecule has 1 amide bonds. The fraction of sp³-hybridized carbons (Fsp3) is 0.316. The predicted octanol–water partition coefficient (Wildman–Crippen LogP) is 2.61. The van der Waals surface area contributed by atoms with Crippen LogP contribution >= 0.6 is 0 Å². The Balaban J connectivity index is 2.03. The lowest BCUT2D eigenvalue weighted by atomic mass is 10.1. The molecule has 1 aromatic heterocycles. The SMILES string of the molecule is CCOC(=O)CCN(Cc1cccnc1)C(=O)Cc1ccccc1. The summed E-state index contributed by atoms with van der Waals surface area (Å²) < 4.78 is 4.95. The maximum absolute atomic E-state index is 12.6. The summed E-state index contributed by atoms with van der Waals surface area (Å²) in [5, 5.41) is 0. The maximum Gasteiger partial charge on any atom is 0.307 e. The molecule has 5 heteroatoms. The van der Waals surface area contributed by atoms with Gasteiger partial charge in [0.25, 0.3) is 0 Å². The van der Waals surface area contributed by atoms with Crippen LogP contribution in [0, 0.1) is 0 Å². The van der Waals surface area contributed by atoms with E-state index in [9.17, 15) is 9.59 Å². The van der Waals surface area contributed by atoms with Gasteiger partial charge in [-0.2, -0.15) is 0 Å². The van der Waals surface area contributed by atoms with Crippen LogP contribution in [0.5, 0.6) is 0 Å². The lowest BCUT2D eigenvalue weighted by Crippen LogP contribution is -2.34. The first-order chi connectivity index (χ1) is 11.7. The fourth-order valence-electron chi connectivity index (χ4n) is 2.35. The van der Waals surface area contributed by atoms with E-state index >= 15 is 0 Å². The minimum atomic E-state index is -0.291. The monoisotopic (exact) mass is 326 g/mol. The average molecular weight is 326 g/mol. The van der Waals surface area contributed by atoms with Gasteiger partial charge in [0.05, 0.1) is 19.4 Å². The zero-order chi connectivity index (χ0) is 17.2. The highest BCUT2D eigenvalue weighted by Gasteiger charge is 2.16. The van der Waals surface area contributed by atoms with E-state index < -0.39 is 0 Å². The van der Waals surface area contributed by atoms with E-state index in [0.29, 0.717) is 26.1 Å². The van der Waals surface area contributed by atoms with Crippen molar-refractivity contribution in [2.75, 3.05) is 13.2 Å². The van der Waals surface area contributed by atoms with Gasteiger partial charge >= 0.3 is 5.97 Å². The van der Waals surface area contributed by atoms with Gasteiger partial charge in [0, 0.05) is 25.5 Å². The summed E-state index contributed by atoms with van der Waals surface area (Å²) >= 11 is 0. The summed E-state index contributed by atoms with van der Waals surface area (Å²) in [6, 6.07) is 13.3. The molecule has 0 aliphatic carbocycles. The lowest BCUT2D eigenvalue weighted by molar-refractivity contribution is -0.144. The highest BCUT2D eigenvalue weighted by molar-refractivity contribution is 5.79. The van der Waals surface area contributed by atoms with Crippen molar-refractivity contribution in [3.8, 4) is 0 Å². The van der Waals surface area contributed by atoms with Crippen LogP contribution in [0.2, 0.25) is 0 Å². The third kappa shape index (κ3) is 5.83. The molecule has 1 heterocycles. The van der Waals surface area contributed by atoms with Gasteiger partial charge < -0.3 is 9.64 Å². The van der Waals surface area contributed by atoms with E-state index in [1.54, 1.807) is 24.2 Å². The second kappa shape index (κ2) is 9.45. The van der Waals surface area contributed by atoms with Crippen LogP contribution in [-0.4, -0.2) is 34.9 Å². The van der Waals surface area contributed by atoms with Crippen molar-refractivity contribution in [2.45, 2.75) is 26.3 Å². The van der Waals surface area contributed by atoms with Crippen LogP contribution < -0.4 is 0 Å². The number of hydrogen-bond acceptors (Lipinski definition) is 4. The molecule has 0 spiro atoms. The molecular weight excluding hydrogens is 304 g/mol. The first kappa shape index (κ1) is 17.7. The molecule has 24 heavy (non-hydrogen) atoms. The normalized spacial score (nSPS) is 10.2. The number of benzene rings is 1. The van der Waals surface area contributed by atoms with Gasteiger partial charge in [-0.1, -0.05) is 36.4 Å². The Hall–Kier alpha value is -2.69. The number of amides is 1. The lowest BCUT2D eigenvalue weighted by Gasteiger charge is -2.22. The molecule has 0 fully saturated rings. The van der Waals surface area contributed by atoms with E-state index in [-0.39, 0.29) is 18.3 Å². The highest BCUT2D eigenvalue weighted by Crippen LogP contribution is 2.09. The molecule has 0 radical (unpaired) electrons. The van der Waals surface area contributed by atoms with Crippen LogP contribution in [-0.2, 0) is 27.3 Å².